The van der Waals surface area contributed by atoms with E-state index in [2.05, 4.69) is 60.6 Å². The van der Waals surface area contributed by atoms with Gasteiger partial charge in [0.2, 0.25) is 0 Å². The molecule has 1 rings (SSSR count). The van der Waals surface area contributed by atoms with Gasteiger partial charge >= 0.3 is 0 Å². The second-order valence-electron chi connectivity index (χ2n) is 6.85. The molecule has 0 fully saturated rings. The Balaban J connectivity index is 2.14. The average molecular weight is 364 g/mol. The van der Waals surface area contributed by atoms with E-state index in [1.165, 1.54) is 38.5 Å². The Bertz CT molecular complexity index is 435. The zero-order valence-corrected chi connectivity index (χ0v) is 17.4. The zero-order chi connectivity index (χ0) is 18.9. The maximum absolute atomic E-state index is 5.75. The molecule has 150 valence electrons. The Labute approximate surface area is 161 Å². The van der Waals surface area contributed by atoms with Crippen molar-refractivity contribution in [2.75, 3.05) is 50.2 Å². The first-order chi connectivity index (χ1) is 12.8. The van der Waals surface area contributed by atoms with Gasteiger partial charge in [-0.05, 0) is 31.6 Å². The van der Waals surface area contributed by atoms with Crippen LogP contribution >= 0.6 is 0 Å². The van der Waals surface area contributed by atoms with Crippen LogP contribution < -0.4 is 10.6 Å². The van der Waals surface area contributed by atoms with Gasteiger partial charge in [0.1, 0.15) is 6.73 Å². The summed E-state index contributed by atoms with van der Waals surface area (Å²) in [5.74, 6) is 0. The van der Waals surface area contributed by atoms with E-state index >= 15 is 0 Å². The summed E-state index contributed by atoms with van der Waals surface area (Å²) < 4.78 is 5.75. The number of ether oxygens (including phenoxy) is 1. The van der Waals surface area contributed by atoms with Crippen molar-refractivity contribution < 1.29 is 4.74 Å². The molecule has 0 atom stereocenters. The molecule has 0 heterocycles. The van der Waals surface area contributed by atoms with Crippen molar-refractivity contribution in [3.63, 3.8) is 0 Å². The SMILES string of the molecule is CCCCCCCCCOCNc1ccccc1NCCN(CC)CC. The molecule has 26 heavy (non-hydrogen) atoms. The molecule has 0 bridgehead atoms. The summed E-state index contributed by atoms with van der Waals surface area (Å²) >= 11 is 0. The number of benzene rings is 1. The van der Waals surface area contributed by atoms with Gasteiger partial charge in [-0.3, -0.25) is 0 Å². The van der Waals surface area contributed by atoms with Gasteiger partial charge in [-0.2, -0.15) is 0 Å². The molecular formula is C22H41N3O. The van der Waals surface area contributed by atoms with E-state index in [-0.39, 0.29) is 0 Å². The highest BCUT2D eigenvalue weighted by molar-refractivity contribution is 5.68. The minimum Gasteiger partial charge on any atom is -0.382 e. The van der Waals surface area contributed by atoms with Crippen LogP contribution in [-0.2, 0) is 4.74 Å². The molecule has 1 aromatic rings. The highest BCUT2D eigenvalue weighted by atomic mass is 16.5. The molecule has 0 radical (unpaired) electrons. The number of nitrogens with one attached hydrogen (secondary N) is 2. The number of hydrogen-bond acceptors (Lipinski definition) is 4. The predicted molar refractivity (Wildman–Crippen MR) is 115 cm³/mol. The van der Waals surface area contributed by atoms with Crippen molar-refractivity contribution in [2.45, 2.75) is 65.7 Å². The number of anilines is 2. The van der Waals surface area contributed by atoms with Gasteiger partial charge in [-0.25, -0.2) is 0 Å². The molecule has 0 aliphatic heterocycles. The van der Waals surface area contributed by atoms with Crippen molar-refractivity contribution in [3.05, 3.63) is 24.3 Å². The molecule has 0 saturated heterocycles. The number of hydrogen-bond donors (Lipinski definition) is 2. The first kappa shape index (κ1) is 22.8. The van der Waals surface area contributed by atoms with Crippen LogP contribution in [0.5, 0.6) is 0 Å². The van der Waals surface area contributed by atoms with E-state index in [1.54, 1.807) is 0 Å². The lowest BCUT2D eigenvalue weighted by Crippen LogP contribution is -2.28. The van der Waals surface area contributed by atoms with Crippen LogP contribution in [0.25, 0.3) is 0 Å². The number of nitrogens with zero attached hydrogens (tertiary/aromatic N) is 1. The molecule has 0 saturated carbocycles. The third kappa shape index (κ3) is 10.7. The zero-order valence-electron chi connectivity index (χ0n) is 17.4. The average Bonchev–Trinajstić information content (AvgIpc) is 2.67. The summed E-state index contributed by atoms with van der Waals surface area (Å²) in [6.07, 6.45) is 9.25. The Morgan fingerprint density at radius 2 is 1.42 bits per heavy atom. The lowest BCUT2D eigenvalue weighted by Gasteiger charge is -2.19. The number of rotatable bonds is 17. The van der Waals surface area contributed by atoms with E-state index in [9.17, 15) is 0 Å². The molecule has 0 aliphatic carbocycles. The highest BCUT2D eigenvalue weighted by Crippen LogP contribution is 2.20. The summed E-state index contributed by atoms with van der Waals surface area (Å²) in [7, 11) is 0. The van der Waals surface area contributed by atoms with Crippen LogP contribution in [0.4, 0.5) is 11.4 Å². The fourth-order valence-corrected chi connectivity index (χ4v) is 3.04. The standard InChI is InChI=1S/C22H41N3O/c1-4-7-8-9-10-11-14-19-26-20-24-22-16-13-12-15-21(22)23-17-18-25(5-2)6-3/h12-13,15-16,23-24H,4-11,14,17-20H2,1-3H3. The van der Waals surface area contributed by atoms with Crippen molar-refractivity contribution in [2.24, 2.45) is 0 Å². The van der Waals surface area contributed by atoms with Crippen molar-refractivity contribution in [3.8, 4) is 0 Å². The summed E-state index contributed by atoms with van der Waals surface area (Å²) in [5.41, 5.74) is 2.27. The largest absolute Gasteiger partial charge is 0.382 e. The molecule has 0 aromatic heterocycles. The predicted octanol–water partition coefficient (Wildman–Crippen LogP) is 5.58. The van der Waals surface area contributed by atoms with Gasteiger partial charge in [0, 0.05) is 19.7 Å². The van der Waals surface area contributed by atoms with E-state index in [4.69, 9.17) is 4.74 Å². The summed E-state index contributed by atoms with van der Waals surface area (Å²) in [5, 5.41) is 6.94. The Kier molecular flexibility index (Phi) is 14.0. The molecule has 0 amide bonds. The Morgan fingerprint density at radius 3 is 2.08 bits per heavy atom. The number of para-hydroxylation sites is 2. The molecule has 1 aromatic carbocycles. The van der Waals surface area contributed by atoms with E-state index < -0.39 is 0 Å². The van der Waals surface area contributed by atoms with Crippen LogP contribution in [-0.4, -0.2) is 44.4 Å². The fraction of sp³-hybridized carbons (Fsp3) is 0.727. The van der Waals surface area contributed by atoms with Gasteiger partial charge in [0.25, 0.3) is 0 Å². The summed E-state index contributed by atoms with van der Waals surface area (Å²) in [6, 6.07) is 8.37. The molecule has 0 spiro atoms. The van der Waals surface area contributed by atoms with Crippen LogP contribution in [0.2, 0.25) is 0 Å². The smallest absolute Gasteiger partial charge is 0.116 e. The third-order valence-electron chi connectivity index (χ3n) is 4.82. The number of likely N-dealkylation sites (N-methyl/N-ethyl adjacent to an activating group) is 1. The van der Waals surface area contributed by atoms with E-state index in [1.807, 2.05) is 0 Å². The molecular weight excluding hydrogens is 322 g/mol. The lowest BCUT2D eigenvalue weighted by molar-refractivity contribution is 0.147. The third-order valence-corrected chi connectivity index (χ3v) is 4.82. The molecule has 4 heteroatoms. The molecule has 4 nitrogen and oxygen atoms in total. The fourth-order valence-electron chi connectivity index (χ4n) is 3.04. The topological polar surface area (TPSA) is 36.5 Å². The van der Waals surface area contributed by atoms with Gasteiger partial charge in [0.05, 0.1) is 11.4 Å². The second-order valence-corrected chi connectivity index (χ2v) is 6.85. The number of unbranched alkanes of at least 4 members (excludes halogenated alkanes) is 6. The maximum Gasteiger partial charge on any atom is 0.116 e. The normalized spacial score (nSPS) is 11.1. The molecule has 2 N–H and O–H groups in total. The maximum atomic E-state index is 5.75. The second kappa shape index (κ2) is 16.0. The van der Waals surface area contributed by atoms with Crippen LogP contribution in [0.3, 0.4) is 0 Å². The molecule has 0 unspecified atom stereocenters. The van der Waals surface area contributed by atoms with Gasteiger partial charge in [0.15, 0.2) is 0 Å². The van der Waals surface area contributed by atoms with Crippen molar-refractivity contribution >= 4 is 11.4 Å². The van der Waals surface area contributed by atoms with Gasteiger partial charge in [-0.1, -0.05) is 71.4 Å². The summed E-state index contributed by atoms with van der Waals surface area (Å²) in [6.45, 7) is 12.3. The van der Waals surface area contributed by atoms with E-state index in [0.717, 1.165) is 50.6 Å². The Morgan fingerprint density at radius 1 is 0.808 bits per heavy atom. The minimum atomic E-state index is 0.574. The first-order valence-corrected chi connectivity index (χ1v) is 10.7. The van der Waals surface area contributed by atoms with Crippen molar-refractivity contribution in [1.29, 1.82) is 0 Å². The quantitative estimate of drug-likeness (QED) is 0.280. The highest BCUT2D eigenvalue weighted by Gasteiger charge is 2.02. The van der Waals surface area contributed by atoms with Gasteiger partial charge < -0.3 is 20.3 Å². The van der Waals surface area contributed by atoms with Crippen molar-refractivity contribution in [1.82, 2.24) is 4.90 Å². The monoisotopic (exact) mass is 363 g/mol. The van der Waals surface area contributed by atoms with E-state index in [0.29, 0.717) is 6.73 Å². The summed E-state index contributed by atoms with van der Waals surface area (Å²) in [4.78, 5) is 2.43. The molecule has 0 aliphatic rings. The van der Waals surface area contributed by atoms with Crippen LogP contribution in [0.1, 0.15) is 65.7 Å². The Hall–Kier alpha value is -1.26. The lowest BCUT2D eigenvalue weighted by atomic mass is 10.1. The first-order valence-electron chi connectivity index (χ1n) is 10.7. The minimum absolute atomic E-state index is 0.574. The van der Waals surface area contributed by atoms with Crippen LogP contribution in [0, 0.1) is 0 Å². The van der Waals surface area contributed by atoms with Crippen LogP contribution in [0.15, 0.2) is 24.3 Å². The van der Waals surface area contributed by atoms with Gasteiger partial charge in [-0.15, -0.1) is 0 Å².